The van der Waals surface area contributed by atoms with Crippen LogP contribution in [0.15, 0.2) is 28.1 Å². The lowest BCUT2D eigenvalue weighted by molar-refractivity contribution is -0.116. The van der Waals surface area contributed by atoms with E-state index in [1.54, 1.807) is 18.9 Å². The molecule has 29 heavy (non-hydrogen) atoms. The second-order valence-corrected chi connectivity index (χ2v) is 8.39. The van der Waals surface area contributed by atoms with Crippen LogP contribution in [0.3, 0.4) is 0 Å². The van der Waals surface area contributed by atoms with E-state index in [1.165, 1.54) is 70.6 Å². The molecule has 1 aromatic rings. The van der Waals surface area contributed by atoms with Gasteiger partial charge in [0.05, 0.1) is 12.8 Å². The van der Waals surface area contributed by atoms with Gasteiger partial charge in [-0.2, -0.15) is 0 Å². The van der Waals surface area contributed by atoms with E-state index in [9.17, 15) is 4.79 Å². The maximum Gasteiger partial charge on any atom is 0.224 e. The van der Waals surface area contributed by atoms with Crippen LogP contribution >= 0.6 is 11.8 Å². The molecule has 1 rings (SSSR count). The van der Waals surface area contributed by atoms with Crippen LogP contribution in [0.25, 0.3) is 0 Å². The predicted molar refractivity (Wildman–Crippen MR) is 128 cm³/mol. The molecule has 0 fully saturated rings. The fraction of sp³-hybridized carbons (Fsp3) is 0.667. The first-order chi connectivity index (χ1) is 14.2. The van der Waals surface area contributed by atoms with Gasteiger partial charge in [-0.15, -0.1) is 11.8 Å². The van der Waals surface area contributed by atoms with E-state index < -0.39 is 0 Å². The van der Waals surface area contributed by atoms with Crippen LogP contribution in [-0.2, 0) is 9.53 Å². The number of carbonyl (C=O) groups excluding carboxylic acids is 1. The summed E-state index contributed by atoms with van der Waals surface area (Å²) >= 11 is 1.62. The Labute approximate surface area is 182 Å². The molecule has 0 aliphatic carbocycles. The highest BCUT2D eigenvalue weighted by Crippen LogP contribution is 2.30. The number of thioether (sulfide) groups is 1. The summed E-state index contributed by atoms with van der Waals surface area (Å²) < 4.78 is 4.90. The van der Waals surface area contributed by atoms with Gasteiger partial charge in [-0.05, 0) is 30.9 Å². The van der Waals surface area contributed by atoms with Crippen LogP contribution in [0.5, 0.6) is 0 Å². The van der Waals surface area contributed by atoms with Gasteiger partial charge in [-0.25, -0.2) is 4.99 Å². The van der Waals surface area contributed by atoms with Crippen LogP contribution in [0.1, 0.15) is 90.4 Å². The maximum atomic E-state index is 12.2. The number of amides is 1. The number of hydrogen-bond acceptors (Lipinski definition) is 4. The van der Waals surface area contributed by atoms with Crippen LogP contribution in [0.2, 0.25) is 0 Å². The monoisotopic (exact) mass is 420 g/mol. The van der Waals surface area contributed by atoms with Crippen molar-refractivity contribution in [3.05, 3.63) is 18.2 Å². The van der Waals surface area contributed by atoms with E-state index >= 15 is 0 Å². The Morgan fingerprint density at radius 2 is 1.59 bits per heavy atom. The van der Waals surface area contributed by atoms with Crippen LogP contribution in [-0.4, -0.2) is 25.7 Å². The van der Waals surface area contributed by atoms with Crippen molar-refractivity contribution >= 4 is 35.4 Å². The van der Waals surface area contributed by atoms with E-state index in [-0.39, 0.29) is 5.91 Å². The molecule has 0 aliphatic heterocycles. The quantitative estimate of drug-likeness (QED) is 0.121. The van der Waals surface area contributed by atoms with Crippen molar-refractivity contribution in [1.82, 2.24) is 0 Å². The zero-order valence-electron chi connectivity index (χ0n) is 18.7. The van der Waals surface area contributed by atoms with Gasteiger partial charge >= 0.3 is 0 Å². The van der Waals surface area contributed by atoms with Crippen molar-refractivity contribution < 1.29 is 9.53 Å². The highest BCUT2D eigenvalue weighted by atomic mass is 32.2. The van der Waals surface area contributed by atoms with Gasteiger partial charge in [-0.1, -0.05) is 77.6 Å². The Morgan fingerprint density at radius 3 is 2.14 bits per heavy atom. The lowest BCUT2D eigenvalue weighted by atomic mass is 10.0. The van der Waals surface area contributed by atoms with E-state index in [0.717, 1.165) is 29.1 Å². The highest BCUT2D eigenvalue weighted by Gasteiger charge is 2.06. The molecule has 0 aromatic heterocycles. The smallest absolute Gasteiger partial charge is 0.224 e. The summed E-state index contributed by atoms with van der Waals surface area (Å²) in [5.41, 5.74) is 1.59. The molecule has 0 atom stereocenters. The second-order valence-electron chi connectivity index (χ2n) is 7.54. The van der Waals surface area contributed by atoms with Crippen molar-refractivity contribution in [2.45, 2.75) is 95.3 Å². The predicted octanol–water partition coefficient (Wildman–Crippen LogP) is 7.74. The number of rotatable bonds is 17. The molecule has 1 N–H and O–H groups in total. The molecule has 0 aliphatic rings. The number of aliphatic imine (C=N–C) groups is 1. The topological polar surface area (TPSA) is 50.7 Å². The van der Waals surface area contributed by atoms with Crippen LogP contribution < -0.4 is 5.32 Å². The molecule has 0 bridgehead atoms. The minimum atomic E-state index is 0.0793. The number of carbonyl (C=O) groups is 1. The normalized spacial score (nSPS) is 11.1. The Kier molecular flexibility index (Phi) is 15.3. The van der Waals surface area contributed by atoms with Gasteiger partial charge in [0.2, 0.25) is 5.91 Å². The zero-order chi connectivity index (χ0) is 21.2. The number of ether oxygens (including phenoxy) is 1. The third-order valence-electron chi connectivity index (χ3n) is 5.02. The van der Waals surface area contributed by atoms with Crippen LogP contribution in [0.4, 0.5) is 11.4 Å². The van der Waals surface area contributed by atoms with Gasteiger partial charge in [0.25, 0.3) is 0 Å². The van der Waals surface area contributed by atoms with E-state index in [1.807, 2.05) is 24.5 Å². The number of methoxy groups -OCH3 is 1. The first-order valence-corrected chi connectivity index (χ1v) is 12.5. The van der Waals surface area contributed by atoms with Crippen molar-refractivity contribution in [1.29, 1.82) is 0 Å². The number of unbranched alkanes of at least 4 members (excludes halogenated alkanes) is 11. The Balaban J connectivity index is 2.13. The van der Waals surface area contributed by atoms with Gasteiger partial charge in [0.1, 0.15) is 0 Å². The fourth-order valence-electron chi connectivity index (χ4n) is 3.33. The van der Waals surface area contributed by atoms with E-state index in [0.29, 0.717) is 6.42 Å². The number of anilines is 1. The molecular weight excluding hydrogens is 380 g/mol. The molecule has 164 valence electrons. The third kappa shape index (κ3) is 12.6. The molecule has 0 radical (unpaired) electrons. The fourth-order valence-corrected chi connectivity index (χ4v) is 3.85. The third-order valence-corrected chi connectivity index (χ3v) is 5.80. The molecule has 5 heteroatoms. The first-order valence-electron chi connectivity index (χ1n) is 11.2. The van der Waals surface area contributed by atoms with Crippen molar-refractivity contribution in [3.8, 4) is 0 Å². The Morgan fingerprint density at radius 1 is 1.00 bits per heavy atom. The zero-order valence-corrected chi connectivity index (χ0v) is 19.5. The number of benzene rings is 1. The Bertz CT molecular complexity index is 590. The average Bonchev–Trinajstić information content (AvgIpc) is 2.73. The van der Waals surface area contributed by atoms with Gasteiger partial charge in [0.15, 0.2) is 6.40 Å². The molecule has 0 heterocycles. The molecule has 4 nitrogen and oxygen atoms in total. The summed E-state index contributed by atoms with van der Waals surface area (Å²) in [7, 11) is 1.57. The largest absolute Gasteiger partial charge is 0.486 e. The molecule has 1 aromatic carbocycles. The van der Waals surface area contributed by atoms with Crippen molar-refractivity contribution in [2.24, 2.45) is 4.99 Å². The second kappa shape index (κ2) is 17.4. The summed E-state index contributed by atoms with van der Waals surface area (Å²) in [5.74, 6) is 0.0793. The van der Waals surface area contributed by atoms with E-state index in [2.05, 4.69) is 17.2 Å². The SMILES string of the molecule is CCCCCCCCCCCCCCC(=O)Nc1ccc(SC)c(/N=C\OC)c1. The minimum absolute atomic E-state index is 0.0793. The number of nitrogens with one attached hydrogen (secondary N) is 1. The molecule has 0 unspecified atom stereocenters. The average molecular weight is 421 g/mol. The maximum absolute atomic E-state index is 12.2. The summed E-state index contributed by atoms with van der Waals surface area (Å²) in [6.07, 6.45) is 19.7. The molecule has 1 amide bonds. The summed E-state index contributed by atoms with van der Waals surface area (Å²) in [4.78, 5) is 17.5. The highest BCUT2D eigenvalue weighted by molar-refractivity contribution is 7.98. The van der Waals surface area contributed by atoms with Crippen LogP contribution in [0, 0.1) is 0 Å². The molecular formula is C24H40N2O2S. The number of nitrogens with zero attached hydrogens (tertiary/aromatic N) is 1. The summed E-state index contributed by atoms with van der Waals surface area (Å²) in [6, 6.07) is 5.80. The first kappa shape index (κ1) is 25.5. The van der Waals surface area contributed by atoms with E-state index in [4.69, 9.17) is 4.74 Å². The summed E-state index contributed by atoms with van der Waals surface area (Å²) in [5, 5.41) is 2.99. The van der Waals surface area contributed by atoms with Gasteiger partial charge in [-0.3, -0.25) is 4.79 Å². The van der Waals surface area contributed by atoms with Gasteiger partial charge < -0.3 is 10.1 Å². The summed E-state index contributed by atoms with van der Waals surface area (Å²) in [6.45, 7) is 2.27. The Hall–Kier alpha value is -1.49. The lowest BCUT2D eigenvalue weighted by Crippen LogP contribution is -2.10. The van der Waals surface area contributed by atoms with Crippen molar-refractivity contribution in [3.63, 3.8) is 0 Å². The van der Waals surface area contributed by atoms with Gasteiger partial charge in [0, 0.05) is 17.0 Å². The lowest BCUT2D eigenvalue weighted by Gasteiger charge is -2.08. The standard InChI is InChI=1S/C24H40N2O2S/c1-4-5-6-7-8-9-10-11-12-13-14-15-16-24(27)26-21-17-18-23(29-3)22(19-21)25-20-28-2/h17-20H,4-16H2,1-3H3,(H,26,27)/b25-20-. The molecule has 0 saturated heterocycles. The number of hydrogen-bond donors (Lipinski definition) is 1. The molecule has 0 spiro atoms. The molecule has 0 saturated carbocycles. The van der Waals surface area contributed by atoms with Crippen molar-refractivity contribution in [2.75, 3.05) is 18.7 Å². The minimum Gasteiger partial charge on any atom is -0.486 e.